The SMILES string of the molecule is O=C1CC=C2N=c3ccccc3=C2O1. The summed E-state index contributed by atoms with van der Waals surface area (Å²) in [4.78, 5) is 15.4. The largest absolute Gasteiger partial charge is 0.423 e. The van der Waals surface area contributed by atoms with Crippen LogP contribution in [0.2, 0.25) is 0 Å². The van der Waals surface area contributed by atoms with Crippen LogP contribution in [0.1, 0.15) is 6.42 Å². The van der Waals surface area contributed by atoms with Gasteiger partial charge in [-0.15, -0.1) is 0 Å². The molecule has 2 aliphatic heterocycles. The van der Waals surface area contributed by atoms with Gasteiger partial charge in [-0.05, 0) is 18.2 Å². The molecular formula is C11H7NO2. The number of fused-ring (bicyclic) bond motifs is 2. The maximum atomic E-state index is 11.1. The Balaban J connectivity index is 2.39. The van der Waals surface area contributed by atoms with Crippen molar-refractivity contribution < 1.29 is 9.53 Å². The normalized spacial score (nSPS) is 17.9. The minimum atomic E-state index is -0.212. The van der Waals surface area contributed by atoms with E-state index in [0.717, 1.165) is 16.3 Å². The standard InChI is InChI=1S/C11H7NO2/c13-10-6-5-9-11(14-10)7-3-1-2-4-8(7)12-9/h1-5H,6H2. The van der Waals surface area contributed by atoms with E-state index in [2.05, 4.69) is 4.99 Å². The van der Waals surface area contributed by atoms with E-state index < -0.39 is 0 Å². The molecule has 2 heterocycles. The highest BCUT2D eigenvalue weighted by atomic mass is 16.5. The predicted octanol–water partition coefficient (Wildman–Crippen LogP) is 0.259. The summed E-state index contributed by atoms with van der Waals surface area (Å²) in [6.07, 6.45) is 2.12. The van der Waals surface area contributed by atoms with Crippen molar-refractivity contribution in [3.05, 3.63) is 46.6 Å². The molecule has 0 aromatic heterocycles. The number of para-hydroxylation sites is 1. The average Bonchev–Trinajstić information content (AvgIpc) is 2.56. The molecule has 0 saturated heterocycles. The van der Waals surface area contributed by atoms with E-state index in [1.165, 1.54) is 0 Å². The number of nitrogens with zero attached hydrogens (tertiary/aromatic N) is 1. The second-order valence-electron chi connectivity index (χ2n) is 3.23. The Kier molecular flexibility index (Phi) is 1.36. The van der Waals surface area contributed by atoms with Crippen LogP contribution in [0.15, 0.2) is 41.0 Å². The number of hydrogen-bond acceptors (Lipinski definition) is 3. The first kappa shape index (κ1) is 7.50. The van der Waals surface area contributed by atoms with Crippen LogP contribution in [-0.4, -0.2) is 5.97 Å². The molecule has 0 atom stereocenters. The average molecular weight is 185 g/mol. The number of carbonyl (C=O) groups excluding carboxylic acids is 1. The van der Waals surface area contributed by atoms with Crippen LogP contribution in [-0.2, 0) is 9.53 Å². The molecule has 0 radical (unpaired) electrons. The predicted molar refractivity (Wildman–Crippen MR) is 49.4 cm³/mol. The maximum Gasteiger partial charge on any atom is 0.315 e. The van der Waals surface area contributed by atoms with Gasteiger partial charge in [0.2, 0.25) is 0 Å². The van der Waals surface area contributed by atoms with Crippen molar-refractivity contribution in [3.63, 3.8) is 0 Å². The first-order valence-electron chi connectivity index (χ1n) is 4.44. The van der Waals surface area contributed by atoms with E-state index in [9.17, 15) is 4.79 Å². The summed E-state index contributed by atoms with van der Waals surface area (Å²) < 4.78 is 5.15. The van der Waals surface area contributed by atoms with Crippen molar-refractivity contribution in [2.24, 2.45) is 4.99 Å². The van der Waals surface area contributed by atoms with Crippen molar-refractivity contribution in [2.75, 3.05) is 0 Å². The third-order valence-electron chi connectivity index (χ3n) is 2.30. The molecule has 0 saturated carbocycles. The zero-order valence-corrected chi connectivity index (χ0v) is 7.36. The molecule has 0 N–H and O–H groups in total. The molecule has 14 heavy (non-hydrogen) atoms. The molecule has 0 aliphatic carbocycles. The zero-order chi connectivity index (χ0) is 9.54. The van der Waals surface area contributed by atoms with Gasteiger partial charge in [-0.3, -0.25) is 4.79 Å². The number of carbonyl (C=O) groups is 1. The number of hydrogen-bond donors (Lipinski definition) is 0. The lowest BCUT2D eigenvalue weighted by Gasteiger charge is -2.09. The van der Waals surface area contributed by atoms with Crippen LogP contribution >= 0.6 is 0 Å². The molecule has 1 aromatic carbocycles. The second kappa shape index (κ2) is 2.54. The van der Waals surface area contributed by atoms with Gasteiger partial charge in [-0.2, -0.15) is 0 Å². The molecule has 0 spiro atoms. The van der Waals surface area contributed by atoms with E-state index in [1.54, 1.807) is 6.08 Å². The van der Waals surface area contributed by atoms with Crippen molar-refractivity contribution in [1.29, 1.82) is 0 Å². The third-order valence-corrected chi connectivity index (χ3v) is 2.30. The summed E-state index contributed by atoms with van der Waals surface area (Å²) in [7, 11) is 0. The smallest absolute Gasteiger partial charge is 0.315 e. The summed E-state index contributed by atoms with van der Waals surface area (Å²) in [5, 5.41) is 1.79. The summed E-state index contributed by atoms with van der Waals surface area (Å²) in [5.74, 6) is 0.396. The lowest BCUT2D eigenvalue weighted by Crippen LogP contribution is -2.23. The third kappa shape index (κ3) is 0.923. The Morgan fingerprint density at radius 1 is 1.29 bits per heavy atom. The van der Waals surface area contributed by atoms with E-state index in [1.807, 2.05) is 24.3 Å². The van der Waals surface area contributed by atoms with Gasteiger partial charge in [0.1, 0.15) is 5.70 Å². The lowest BCUT2D eigenvalue weighted by molar-refractivity contribution is -0.136. The van der Waals surface area contributed by atoms with Crippen LogP contribution in [0.3, 0.4) is 0 Å². The summed E-state index contributed by atoms with van der Waals surface area (Å²) in [6, 6.07) is 7.65. The fourth-order valence-electron chi connectivity index (χ4n) is 1.66. The van der Waals surface area contributed by atoms with E-state index in [4.69, 9.17) is 4.74 Å². The Hall–Kier alpha value is -1.90. The van der Waals surface area contributed by atoms with Crippen molar-refractivity contribution in [2.45, 2.75) is 6.42 Å². The van der Waals surface area contributed by atoms with E-state index in [-0.39, 0.29) is 5.97 Å². The Bertz CT molecular complexity index is 569. The Morgan fingerprint density at radius 2 is 2.14 bits per heavy atom. The topological polar surface area (TPSA) is 38.7 Å². The second-order valence-corrected chi connectivity index (χ2v) is 3.23. The van der Waals surface area contributed by atoms with Gasteiger partial charge in [0, 0.05) is 5.22 Å². The van der Waals surface area contributed by atoms with Gasteiger partial charge >= 0.3 is 5.97 Å². The fraction of sp³-hybridized carbons (Fsp3) is 0.0909. The summed E-state index contributed by atoms with van der Waals surface area (Å²) >= 11 is 0. The van der Waals surface area contributed by atoms with Crippen LogP contribution in [0.4, 0.5) is 0 Å². The molecule has 0 amide bonds. The van der Waals surface area contributed by atoms with Crippen molar-refractivity contribution >= 4 is 11.7 Å². The monoisotopic (exact) mass is 185 g/mol. The lowest BCUT2D eigenvalue weighted by atomic mass is 10.2. The first-order chi connectivity index (χ1) is 6.84. The molecule has 3 rings (SSSR count). The quantitative estimate of drug-likeness (QED) is 0.544. The number of ether oxygens (including phenoxy) is 1. The van der Waals surface area contributed by atoms with Crippen molar-refractivity contribution in [3.8, 4) is 0 Å². The van der Waals surface area contributed by atoms with Gasteiger partial charge in [0.15, 0.2) is 5.76 Å². The van der Waals surface area contributed by atoms with Gasteiger partial charge < -0.3 is 4.74 Å². The van der Waals surface area contributed by atoms with Gasteiger partial charge in [0.05, 0.1) is 11.8 Å². The van der Waals surface area contributed by atoms with E-state index >= 15 is 0 Å². The van der Waals surface area contributed by atoms with Crippen molar-refractivity contribution in [1.82, 2.24) is 0 Å². The van der Waals surface area contributed by atoms with Gasteiger partial charge in [-0.25, -0.2) is 4.99 Å². The molecular weight excluding hydrogens is 178 g/mol. The van der Waals surface area contributed by atoms with Crippen LogP contribution in [0.25, 0.3) is 5.76 Å². The maximum absolute atomic E-state index is 11.1. The highest BCUT2D eigenvalue weighted by Crippen LogP contribution is 2.21. The Labute approximate surface area is 80.0 Å². The zero-order valence-electron chi connectivity index (χ0n) is 7.36. The highest BCUT2D eigenvalue weighted by molar-refractivity contribution is 5.83. The van der Waals surface area contributed by atoms with Gasteiger partial charge in [0.25, 0.3) is 0 Å². The molecule has 68 valence electrons. The minimum absolute atomic E-state index is 0.212. The molecule has 1 aromatic rings. The van der Waals surface area contributed by atoms with Gasteiger partial charge in [-0.1, -0.05) is 12.1 Å². The molecule has 0 fully saturated rings. The summed E-state index contributed by atoms with van der Waals surface area (Å²) in [6.45, 7) is 0. The number of rotatable bonds is 0. The molecule has 3 heteroatoms. The number of benzene rings is 1. The first-order valence-corrected chi connectivity index (χ1v) is 4.44. The molecule has 0 bridgehead atoms. The van der Waals surface area contributed by atoms with Crippen LogP contribution in [0.5, 0.6) is 0 Å². The highest BCUT2D eigenvalue weighted by Gasteiger charge is 2.21. The summed E-state index contributed by atoms with van der Waals surface area (Å²) in [5.41, 5.74) is 0.783. The molecule has 3 nitrogen and oxygen atoms in total. The van der Waals surface area contributed by atoms with Crippen LogP contribution < -0.4 is 10.6 Å². The number of esters is 1. The molecule has 0 unspecified atom stereocenters. The Morgan fingerprint density at radius 3 is 3.07 bits per heavy atom. The van der Waals surface area contributed by atoms with Crippen LogP contribution in [0, 0.1) is 0 Å². The fourth-order valence-corrected chi connectivity index (χ4v) is 1.66. The van der Waals surface area contributed by atoms with E-state index in [0.29, 0.717) is 12.2 Å². The minimum Gasteiger partial charge on any atom is -0.423 e. The molecule has 2 aliphatic rings.